The Bertz CT molecular complexity index is 1330. The monoisotopic (exact) mass is 509 g/mol. The Balaban J connectivity index is 1.45. The van der Waals surface area contributed by atoms with Gasteiger partial charge in [0.15, 0.2) is 5.11 Å². The van der Waals surface area contributed by atoms with Gasteiger partial charge in [0.25, 0.3) is 0 Å². The molecule has 2 atom stereocenters. The zero-order valence-electron chi connectivity index (χ0n) is 21.8. The lowest BCUT2D eigenvalue weighted by molar-refractivity contribution is 0.315. The fourth-order valence-corrected chi connectivity index (χ4v) is 5.72. The molecule has 2 N–H and O–H groups in total. The SMILES string of the molecule is CCc1ccc(-n2c(C)cc([C@H]3[C@@H](c4ccccn4)NC(=S)N3CCCNc3ccccc3)c2C)cc1. The maximum atomic E-state index is 5.90. The molecule has 0 amide bonds. The third-order valence-corrected chi connectivity index (χ3v) is 7.62. The number of thiocarbonyl (C=S) groups is 1. The number of hydrogen-bond acceptors (Lipinski definition) is 3. The minimum absolute atomic E-state index is 0.00722. The lowest BCUT2D eigenvalue weighted by Gasteiger charge is -2.28. The highest BCUT2D eigenvalue weighted by Gasteiger charge is 2.41. The number of para-hydroxylation sites is 1. The minimum Gasteiger partial charge on any atom is -0.385 e. The van der Waals surface area contributed by atoms with Gasteiger partial charge in [0, 0.05) is 42.0 Å². The number of aromatic nitrogens is 2. The summed E-state index contributed by atoms with van der Waals surface area (Å²) in [5, 5.41) is 7.92. The molecule has 0 aliphatic carbocycles. The number of pyridine rings is 1. The number of nitrogens with one attached hydrogen (secondary N) is 2. The normalized spacial score (nSPS) is 17.2. The summed E-state index contributed by atoms with van der Waals surface area (Å²) in [5.74, 6) is 0. The van der Waals surface area contributed by atoms with Gasteiger partial charge in [-0.3, -0.25) is 4.98 Å². The molecular weight excluding hydrogens is 474 g/mol. The molecule has 3 heterocycles. The lowest BCUT2D eigenvalue weighted by atomic mass is 9.96. The molecule has 5 rings (SSSR count). The first kappa shape index (κ1) is 25.0. The largest absolute Gasteiger partial charge is 0.385 e. The summed E-state index contributed by atoms with van der Waals surface area (Å²) in [6.45, 7) is 8.34. The molecule has 1 saturated heterocycles. The third-order valence-electron chi connectivity index (χ3n) is 7.27. The number of nitrogens with zero attached hydrogens (tertiary/aromatic N) is 3. The molecule has 0 spiro atoms. The molecule has 5 nitrogen and oxygen atoms in total. The first-order valence-corrected chi connectivity index (χ1v) is 13.5. The van der Waals surface area contributed by atoms with Crippen molar-refractivity contribution in [2.24, 2.45) is 0 Å². The zero-order valence-corrected chi connectivity index (χ0v) is 22.6. The summed E-state index contributed by atoms with van der Waals surface area (Å²) in [4.78, 5) is 7.06. The second-order valence-electron chi connectivity index (χ2n) is 9.65. The summed E-state index contributed by atoms with van der Waals surface area (Å²) in [6, 6.07) is 27.7. The molecule has 1 aliphatic rings. The molecule has 1 fully saturated rings. The number of benzene rings is 2. The Morgan fingerprint density at radius 1 is 0.973 bits per heavy atom. The highest BCUT2D eigenvalue weighted by molar-refractivity contribution is 7.80. The summed E-state index contributed by atoms with van der Waals surface area (Å²) in [7, 11) is 0. The van der Waals surface area contributed by atoms with Gasteiger partial charge in [-0.1, -0.05) is 43.3 Å². The Morgan fingerprint density at radius 2 is 1.73 bits per heavy atom. The van der Waals surface area contributed by atoms with Crippen LogP contribution in [0.25, 0.3) is 5.69 Å². The van der Waals surface area contributed by atoms with Crippen LogP contribution in [0, 0.1) is 13.8 Å². The van der Waals surface area contributed by atoms with Gasteiger partial charge in [0.05, 0.1) is 17.8 Å². The predicted octanol–water partition coefficient (Wildman–Crippen LogP) is 6.53. The molecule has 0 bridgehead atoms. The van der Waals surface area contributed by atoms with E-state index in [9.17, 15) is 0 Å². The van der Waals surface area contributed by atoms with E-state index in [0.717, 1.165) is 42.4 Å². The van der Waals surface area contributed by atoms with Gasteiger partial charge in [-0.2, -0.15) is 0 Å². The van der Waals surface area contributed by atoms with E-state index in [1.54, 1.807) is 0 Å². The Morgan fingerprint density at radius 3 is 2.43 bits per heavy atom. The van der Waals surface area contributed by atoms with Crippen molar-refractivity contribution in [3.63, 3.8) is 0 Å². The van der Waals surface area contributed by atoms with Gasteiger partial charge in [-0.05, 0) is 92.5 Å². The van der Waals surface area contributed by atoms with E-state index in [0.29, 0.717) is 0 Å². The fourth-order valence-electron chi connectivity index (χ4n) is 5.39. The standard InChI is InChI=1S/C31H35N5S/c1-4-24-14-16-26(17-15-24)36-22(2)21-27(23(36)3)30-29(28-13-8-9-18-33-28)34-31(37)35(30)20-10-19-32-25-11-6-5-7-12-25/h5-9,11-18,21,29-30,32H,4,10,19-20H2,1-3H3,(H,34,37)/t29-,30+/m1/s1. The van der Waals surface area contributed by atoms with Crippen LogP contribution < -0.4 is 10.6 Å². The predicted molar refractivity (Wildman–Crippen MR) is 156 cm³/mol. The Labute approximate surface area is 225 Å². The average Bonchev–Trinajstić information content (AvgIpc) is 3.42. The number of aryl methyl sites for hydroxylation is 2. The van der Waals surface area contributed by atoms with Crippen LogP contribution in [0.2, 0.25) is 0 Å². The molecule has 0 unspecified atom stereocenters. The van der Waals surface area contributed by atoms with Gasteiger partial charge in [0.1, 0.15) is 0 Å². The van der Waals surface area contributed by atoms with Crippen molar-refractivity contribution in [3.05, 3.63) is 113 Å². The summed E-state index contributed by atoms with van der Waals surface area (Å²) < 4.78 is 2.36. The maximum absolute atomic E-state index is 5.90. The average molecular weight is 510 g/mol. The molecule has 37 heavy (non-hydrogen) atoms. The van der Waals surface area contributed by atoms with Crippen molar-refractivity contribution < 1.29 is 0 Å². The minimum atomic E-state index is -0.00722. The maximum Gasteiger partial charge on any atom is 0.170 e. The van der Waals surface area contributed by atoms with Crippen LogP contribution in [0.5, 0.6) is 0 Å². The molecule has 2 aromatic carbocycles. The van der Waals surface area contributed by atoms with Crippen molar-refractivity contribution in [1.29, 1.82) is 0 Å². The van der Waals surface area contributed by atoms with Crippen LogP contribution in [0.4, 0.5) is 5.69 Å². The molecule has 0 saturated carbocycles. The highest BCUT2D eigenvalue weighted by atomic mass is 32.1. The van der Waals surface area contributed by atoms with Crippen molar-refractivity contribution >= 4 is 23.0 Å². The first-order valence-electron chi connectivity index (χ1n) is 13.1. The fraction of sp³-hybridized carbons (Fsp3) is 0.290. The molecule has 0 radical (unpaired) electrons. The van der Waals surface area contributed by atoms with E-state index in [1.165, 1.54) is 28.2 Å². The molecule has 2 aromatic heterocycles. The van der Waals surface area contributed by atoms with Crippen LogP contribution in [0.15, 0.2) is 85.1 Å². The zero-order chi connectivity index (χ0) is 25.8. The molecule has 4 aromatic rings. The smallest absolute Gasteiger partial charge is 0.170 e. The summed E-state index contributed by atoms with van der Waals surface area (Å²) in [5.41, 5.74) is 8.45. The molecular formula is C31H35N5S. The van der Waals surface area contributed by atoms with Crippen molar-refractivity contribution in [2.45, 2.75) is 45.7 Å². The summed E-state index contributed by atoms with van der Waals surface area (Å²) >= 11 is 5.90. The van der Waals surface area contributed by atoms with Crippen LogP contribution in [0.3, 0.4) is 0 Å². The molecule has 6 heteroatoms. The van der Waals surface area contributed by atoms with Crippen LogP contribution in [-0.4, -0.2) is 32.7 Å². The first-order chi connectivity index (χ1) is 18.1. The van der Waals surface area contributed by atoms with Crippen molar-refractivity contribution in [1.82, 2.24) is 19.8 Å². The van der Waals surface area contributed by atoms with Gasteiger partial charge in [-0.15, -0.1) is 0 Å². The van der Waals surface area contributed by atoms with E-state index >= 15 is 0 Å². The lowest BCUT2D eigenvalue weighted by Crippen LogP contribution is -2.31. The van der Waals surface area contributed by atoms with Crippen molar-refractivity contribution in [2.75, 3.05) is 18.4 Å². The van der Waals surface area contributed by atoms with Gasteiger partial charge >= 0.3 is 0 Å². The van der Waals surface area contributed by atoms with E-state index in [2.05, 4.69) is 108 Å². The number of rotatable bonds is 9. The Hall–Kier alpha value is -3.64. The quantitative estimate of drug-likeness (QED) is 0.198. The van der Waals surface area contributed by atoms with E-state index in [4.69, 9.17) is 17.2 Å². The number of anilines is 1. The molecule has 190 valence electrons. The third kappa shape index (κ3) is 5.25. The second kappa shape index (κ2) is 11.2. The van der Waals surface area contributed by atoms with Crippen LogP contribution in [-0.2, 0) is 6.42 Å². The molecule has 1 aliphatic heterocycles. The van der Waals surface area contributed by atoms with Crippen molar-refractivity contribution in [3.8, 4) is 5.69 Å². The van der Waals surface area contributed by atoms with Gasteiger partial charge < -0.3 is 20.1 Å². The Kier molecular flexibility index (Phi) is 7.56. The van der Waals surface area contributed by atoms with Gasteiger partial charge in [-0.25, -0.2) is 0 Å². The topological polar surface area (TPSA) is 45.1 Å². The highest BCUT2D eigenvalue weighted by Crippen LogP contribution is 2.41. The second-order valence-corrected chi connectivity index (χ2v) is 10.0. The van der Waals surface area contributed by atoms with Gasteiger partial charge in [0.2, 0.25) is 0 Å². The van der Waals surface area contributed by atoms with E-state index in [-0.39, 0.29) is 12.1 Å². The van der Waals surface area contributed by atoms with E-state index < -0.39 is 0 Å². The number of hydrogen-bond donors (Lipinski definition) is 2. The van der Waals surface area contributed by atoms with Crippen LogP contribution >= 0.6 is 12.2 Å². The summed E-state index contributed by atoms with van der Waals surface area (Å²) in [6.07, 6.45) is 3.88. The van der Waals surface area contributed by atoms with E-state index in [1.807, 2.05) is 18.3 Å². The van der Waals surface area contributed by atoms with Crippen LogP contribution in [0.1, 0.15) is 53.6 Å².